The highest BCUT2D eigenvalue weighted by molar-refractivity contribution is 7.71. The van der Waals surface area contributed by atoms with Crippen LogP contribution in [0, 0.1) is 6.07 Å². The van der Waals surface area contributed by atoms with Gasteiger partial charge in [0.1, 0.15) is 10.7 Å². The normalized spacial score (nSPS) is 10.6. The first-order valence-corrected chi connectivity index (χ1v) is 6.30. The second-order valence-electron chi connectivity index (χ2n) is 3.44. The number of hydrogen-bond acceptors (Lipinski definition) is 2. The van der Waals surface area contributed by atoms with Crippen LogP contribution in [0.5, 0.6) is 0 Å². The van der Waals surface area contributed by atoms with Crippen molar-refractivity contribution in [1.29, 1.82) is 0 Å². The maximum absolute atomic E-state index is 10.8. The first kappa shape index (κ1) is 10.9. The van der Waals surface area contributed by atoms with Crippen LogP contribution in [0.2, 0.25) is 0 Å². The number of hydrogen-bond donors (Lipinski definition) is 1. The van der Waals surface area contributed by atoms with Crippen molar-refractivity contribution in [3.05, 3.63) is 60.2 Å². The lowest BCUT2D eigenvalue weighted by Crippen LogP contribution is -1.91. The van der Waals surface area contributed by atoms with E-state index in [-0.39, 0.29) is 5.75 Å². The van der Waals surface area contributed by atoms with Crippen LogP contribution in [-0.4, -0.2) is 8.42 Å². The Labute approximate surface area is 96.5 Å². The van der Waals surface area contributed by atoms with Crippen molar-refractivity contribution in [2.24, 2.45) is 0 Å². The molecule has 0 atom stereocenters. The third kappa shape index (κ3) is 2.49. The third-order valence-corrected chi connectivity index (χ3v) is 2.94. The molecular weight excluding hydrogens is 220 g/mol. The largest absolute Gasteiger partial charge is 0.232 e. The Kier molecular flexibility index (Phi) is 3.37. The van der Waals surface area contributed by atoms with Crippen molar-refractivity contribution in [2.45, 2.75) is 5.75 Å². The summed E-state index contributed by atoms with van der Waals surface area (Å²) in [6, 6.07) is 18.0. The van der Waals surface area contributed by atoms with Crippen LogP contribution in [0.1, 0.15) is 5.56 Å². The van der Waals surface area contributed by atoms with Gasteiger partial charge in [-0.2, -0.15) is 0 Å². The molecule has 0 N–H and O–H groups in total. The molecule has 2 aromatic carbocycles. The first-order chi connectivity index (χ1) is 7.77. The minimum Gasteiger partial charge on any atom is -0.232 e. The summed E-state index contributed by atoms with van der Waals surface area (Å²) in [4.78, 5) is 0. The molecule has 0 unspecified atom stereocenters. The summed E-state index contributed by atoms with van der Waals surface area (Å²) in [5.41, 5.74) is 2.83. The lowest BCUT2D eigenvalue weighted by Gasteiger charge is -2.06. The van der Waals surface area contributed by atoms with E-state index in [4.69, 9.17) is 0 Å². The van der Waals surface area contributed by atoms with Gasteiger partial charge in [-0.15, -0.1) is 0 Å². The van der Waals surface area contributed by atoms with Gasteiger partial charge in [-0.25, -0.2) is 8.42 Å². The zero-order chi connectivity index (χ0) is 11.4. The summed E-state index contributed by atoms with van der Waals surface area (Å²) in [5, 5.41) is 0. The number of benzene rings is 2. The number of thiol groups is 1. The summed E-state index contributed by atoms with van der Waals surface area (Å²) in [7, 11) is -2.39. The highest BCUT2D eigenvalue weighted by atomic mass is 32.2. The van der Waals surface area contributed by atoms with Crippen molar-refractivity contribution >= 4 is 10.7 Å². The van der Waals surface area contributed by atoms with Gasteiger partial charge in [0, 0.05) is 0 Å². The fourth-order valence-corrected chi connectivity index (χ4v) is 2.20. The van der Waals surface area contributed by atoms with Crippen LogP contribution in [0.15, 0.2) is 48.5 Å². The SMILES string of the molecule is O=[SH](=O)Cc1ccccc1-c1cc[c]cc1. The lowest BCUT2D eigenvalue weighted by molar-refractivity contribution is 0.614. The minimum absolute atomic E-state index is 0.0874. The average molecular weight is 231 g/mol. The summed E-state index contributed by atoms with van der Waals surface area (Å²) < 4.78 is 21.6. The molecule has 2 rings (SSSR count). The molecular formula is C13H11O2S. The molecule has 0 aromatic heterocycles. The van der Waals surface area contributed by atoms with Gasteiger partial charge in [-0.05, 0) is 22.8 Å². The van der Waals surface area contributed by atoms with E-state index in [1.54, 1.807) is 0 Å². The van der Waals surface area contributed by atoms with E-state index in [0.29, 0.717) is 0 Å². The molecule has 0 spiro atoms. The highest BCUT2D eigenvalue weighted by Gasteiger charge is 2.04. The monoisotopic (exact) mass is 231 g/mol. The molecule has 0 saturated heterocycles. The molecule has 0 fully saturated rings. The molecule has 0 amide bonds. The predicted octanol–water partition coefficient (Wildman–Crippen LogP) is 2.27. The molecule has 81 valence electrons. The van der Waals surface area contributed by atoms with Crippen molar-refractivity contribution in [1.82, 2.24) is 0 Å². The van der Waals surface area contributed by atoms with Gasteiger partial charge in [0.25, 0.3) is 0 Å². The van der Waals surface area contributed by atoms with E-state index in [2.05, 4.69) is 6.07 Å². The smallest absolute Gasteiger partial charge is 0.144 e. The lowest BCUT2D eigenvalue weighted by atomic mass is 10.0. The fraction of sp³-hybridized carbons (Fsp3) is 0.0769. The second-order valence-corrected chi connectivity index (χ2v) is 4.42. The van der Waals surface area contributed by atoms with Gasteiger partial charge in [0.2, 0.25) is 0 Å². The Morgan fingerprint density at radius 1 is 1.00 bits per heavy atom. The van der Waals surface area contributed by atoms with Gasteiger partial charge in [0.15, 0.2) is 0 Å². The zero-order valence-corrected chi connectivity index (χ0v) is 9.48. The molecule has 0 saturated carbocycles. The van der Waals surface area contributed by atoms with Crippen LogP contribution in [0.4, 0.5) is 0 Å². The molecule has 0 aliphatic rings. The molecule has 2 nitrogen and oxygen atoms in total. The van der Waals surface area contributed by atoms with Gasteiger partial charge in [-0.1, -0.05) is 48.5 Å². The fourth-order valence-electron chi connectivity index (χ4n) is 1.65. The highest BCUT2D eigenvalue weighted by Crippen LogP contribution is 2.23. The molecule has 0 aliphatic heterocycles. The van der Waals surface area contributed by atoms with Crippen LogP contribution in [-0.2, 0) is 16.5 Å². The van der Waals surface area contributed by atoms with E-state index < -0.39 is 10.7 Å². The van der Waals surface area contributed by atoms with Crippen LogP contribution in [0.3, 0.4) is 0 Å². The first-order valence-electron chi connectivity index (χ1n) is 4.93. The van der Waals surface area contributed by atoms with Crippen LogP contribution in [0.25, 0.3) is 11.1 Å². The summed E-state index contributed by atoms with van der Waals surface area (Å²) >= 11 is 0. The molecule has 1 radical (unpaired) electrons. The van der Waals surface area contributed by atoms with Gasteiger partial charge in [-0.3, -0.25) is 0 Å². The molecule has 0 heterocycles. The summed E-state index contributed by atoms with van der Waals surface area (Å²) in [6.07, 6.45) is 0. The topological polar surface area (TPSA) is 34.1 Å². The van der Waals surface area contributed by atoms with E-state index >= 15 is 0 Å². The maximum atomic E-state index is 10.8. The van der Waals surface area contributed by atoms with Gasteiger partial charge >= 0.3 is 0 Å². The number of rotatable bonds is 3. The van der Waals surface area contributed by atoms with Crippen molar-refractivity contribution < 1.29 is 8.42 Å². The van der Waals surface area contributed by atoms with Crippen molar-refractivity contribution in [3.8, 4) is 11.1 Å². The zero-order valence-electron chi connectivity index (χ0n) is 8.59. The predicted molar refractivity (Wildman–Crippen MR) is 64.7 cm³/mol. The Bertz CT molecular complexity index is 537. The van der Waals surface area contributed by atoms with Crippen molar-refractivity contribution in [3.63, 3.8) is 0 Å². The van der Waals surface area contributed by atoms with E-state index in [1.807, 2.05) is 48.5 Å². The summed E-state index contributed by atoms with van der Waals surface area (Å²) in [6.45, 7) is 0. The standard InChI is InChI=1S/C13H11O2S/c14-16(15)10-12-8-4-5-9-13(12)11-6-2-1-3-7-11/h2-9,16H,10H2. The molecule has 0 bridgehead atoms. The Morgan fingerprint density at radius 2 is 1.69 bits per heavy atom. The van der Waals surface area contributed by atoms with E-state index in [9.17, 15) is 8.42 Å². The molecule has 2 aromatic rings. The quantitative estimate of drug-likeness (QED) is 0.822. The van der Waals surface area contributed by atoms with E-state index in [0.717, 1.165) is 16.7 Å². The Morgan fingerprint density at radius 3 is 2.38 bits per heavy atom. The Hall–Kier alpha value is -1.61. The van der Waals surface area contributed by atoms with Gasteiger partial charge < -0.3 is 0 Å². The summed E-state index contributed by atoms with van der Waals surface area (Å²) in [5.74, 6) is 0.0874. The molecule has 0 aliphatic carbocycles. The third-order valence-electron chi connectivity index (χ3n) is 2.35. The van der Waals surface area contributed by atoms with Crippen LogP contribution >= 0.6 is 0 Å². The molecule has 3 heteroatoms. The van der Waals surface area contributed by atoms with E-state index in [1.165, 1.54) is 0 Å². The average Bonchev–Trinajstić information content (AvgIpc) is 2.30. The van der Waals surface area contributed by atoms with Crippen LogP contribution < -0.4 is 0 Å². The molecule has 16 heavy (non-hydrogen) atoms. The minimum atomic E-state index is -2.39. The Balaban J connectivity index is 2.48. The second kappa shape index (κ2) is 4.94. The van der Waals surface area contributed by atoms with Crippen molar-refractivity contribution in [2.75, 3.05) is 0 Å². The maximum Gasteiger partial charge on any atom is 0.144 e. The van der Waals surface area contributed by atoms with Gasteiger partial charge in [0.05, 0.1) is 5.75 Å².